The SMILES string of the molecule is Cn1c(Cn2cccn2)nnc1C1CC(NC(=O)Cc2cccnc2)C1. The lowest BCUT2D eigenvalue weighted by molar-refractivity contribution is -0.121. The second kappa shape index (κ2) is 7.07. The van der Waals surface area contributed by atoms with Crippen molar-refractivity contribution in [3.8, 4) is 0 Å². The summed E-state index contributed by atoms with van der Waals surface area (Å²) in [6, 6.07) is 5.85. The van der Waals surface area contributed by atoms with Crippen LogP contribution in [0.4, 0.5) is 0 Å². The summed E-state index contributed by atoms with van der Waals surface area (Å²) >= 11 is 0. The lowest BCUT2D eigenvalue weighted by Gasteiger charge is -2.35. The fraction of sp³-hybridized carbons (Fsp3) is 0.389. The molecule has 1 N–H and O–H groups in total. The van der Waals surface area contributed by atoms with Crippen LogP contribution in [0.15, 0.2) is 43.0 Å². The Hall–Kier alpha value is -3.03. The molecule has 1 aliphatic carbocycles. The smallest absolute Gasteiger partial charge is 0.224 e. The van der Waals surface area contributed by atoms with Crippen molar-refractivity contribution in [2.75, 3.05) is 0 Å². The molecule has 0 unspecified atom stereocenters. The Bertz CT molecular complexity index is 866. The molecule has 0 spiro atoms. The Balaban J connectivity index is 1.29. The van der Waals surface area contributed by atoms with Gasteiger partial charge >= 0.3 is 0 Å². The third-order valence-corrected chi connectivity index (χ3v) is 4.82. The van der Waals surface area contributed by atoms with E-state index in [-0.39, 0.29) is 11.9 Å². The van der Waals surface area contributed by atoms with E-state index in [0.717, 1.165) is 30.1 Å². The van der Waals surface area contributed by atoms with Crippen molar-refractivity contribution in [3.05, 3.63) is 60.2 Å². The zero-order valence-corrected chi connectivity index (χ0v) is 14.6. The van der Waals surface area contributed by atoms with E-state index in [1.54, 1.807) is 18.6 Å². The Morgan fingerprint density at radius 3 is 2.88 bits per heavy atom. The minimum atomic E-state index is 0.0405. The van der Waals surface area contributed by atoms with Gasteiger partial charge in [0.1, 0.15) is 12.4 Å². The molecule has 8 heteroatoms. The van der Waals surface area contributed by atoms with E-state index in [0.29, 0.717) is 18.9 Å². The summed E-state index contributed by atoms with van der Waals surface area (Å²) in [6.07, 6.45) is 9.25. The lowest BCUT2D eigenvalue weighted by atomic mass is 9.79. The van der Waals surface area contributed by atoms with Gasteiger partial charge in [-0.25, -0.2) is 0 Å². The van der Waals surface area contributed by atoms with Crippen LogP contribution in [-0.4, -0.2) is 41.5 Å². The number of hydrogen-bond acceptors (Lipinski definition) is 5. The number of nitrogens with one attached hydrogen (secondary N) is 1. The van der Waals surface area contributed by atoms with Gasteiger partial charge in [-0.05, 0) is 30.5 Å². The van der Waals surface area contributed by atoms with Crippen LogP contribution in [0.5, 0.6) is 0 Å². The number of hydrogen-bond donors (Lipinski definition) is 1. The molecule has 1 aliphatic rings. The maximum atomic E-state index is 12.1. The number of amides is 1. The van der Waals surface area contributed by atoms with Crippen LogP contribution in [-0.2, 0) is 24.8 Å². The highest BCUT2D eigenvalue weighted by Gasteiger charge is 2.34. The average molecular weight is 351 g/mol. The number of carbonyl (C=O) groups excluding carboxylic acids is 1. The van der Waals surface area contributed by atoms with Gasteiger partial charge in [0.15, 0.2) is 5.82 Å². The summed E-state index contributed by atoms with van der Waals surface area (Å²) in [5.41, 5.74) is 0.928. The molecule has 0 atom stereocenters. The van der Waals surface area contributed by atoms with Gasteiger partial charge in [-0.2, -0.15) is 5.10 Å². The number of rotatable bonds is 6. The topological polar surface area (TPSA) is 90.5 Å². The van der Waals surface area contributed by atoms with Crippen molar-refractivity contribution >= 4 is 5.91 Å². The highest BCUT2D eigenvalue weighted by atomic mass is 16.1. The van der Waals surface area contributed by atoms with Gasteiger partial charge in [0.25, 0.3) is 0 Å². The molecule has 1 amide bonds. The second-order valence-electron chi connectivity index (χ2n) is 6.71. The first-order valence-electron chi connectivity index (χ1n) is 8.73. The molecular weight excluding hydrogens is 330 g/mol. The zero-order chi connectivity index (χ0) is 17.9. The molecule has 0 aromatic carbocycles. The van der Waals surface area contributed by atoms with Crippen molar-refractivity contribution in [1.82, 2.24) is 34.8 Å². The Labute approximate surface area is 151 Å². The molecule has 3 aromatic rings. The Morgan fingerprint density at radius 1 is 1.27 bits per heavy atom. The van der Waals surface area contributed by atoms with E-state index in [1.165, 1.54) is 0 Å². The quantitative estimate of drug-likeness (QED) is 0.717. The van der Waals surface area contributed by atoms with E-state index in [2.05, 4.69) is 25.6 Å². The molecule has 0 radical (unpaired) electrons. The summed E-state index contributed by atoms with van der Waals surface area (Å²) in [5.74, 6) is 2.24. The fourth-order valence-electron chi connectivity index (χ4n) is 3.32. The van der Waals surface area contributed by atoms with Gasteiger partial charge in [0.05, 0.1) is 6.42 Å². The first kappa shape index (κ1) is 16.4. The summed E-state index contributed by atoms with van der Waals surface area (Å²) in [4.78, 5) is 16.2. The third kappa shape index (κ3) is 3.49. The van der Waals surface area contributed by atoms with Crippen molar-refractivity contribution in [3.63, 3.8) is 0 Å². The molecule has 0 bridgehead atoms. The maximum absolute atomic E-state index is 12.1. The molecule has 4 rings (SSSR count). The number of carbonyl (C=O) groups is 1. The van der Waals surface area contributed by atoms with Gasteiger partial charge in [-0.3, -0.25) is 14.5 Å². The van der Waals surface area contributed by atoms with E-state index < -0.39 is 0 Å². The zero-order valence-electron chi connectivity index (χ0n) is 14.6. The van der Waals surface area contributed by atoms with Crippen LogP contribution >= 0.6 is 0 Å². The monoisotopic (exact) mass is 351 g/mol. The molecule has 3 heterocycles. The second-order valence-corrected chi connectivity index (χ2v) is 6.71. The number of aromatic nitrogens is 6. The van der Waals surface area contributed by atoms with Gasteiger partial charge in [-0.1, -0.05) is 6.07 Å². The molecule has 8 nitrogen and oxygen atoms in total. The van der Waals surface area contributed by atoms with Crippen molar-refractivity contribution < 1.29 is 4.79 Å². The first-order chi connectivity index (χ1) is 12.7. The van der Waals surface area contributed by atoms with Crippen LogP contribution in [0, 0.1) is 0 Å². The van der Waals surface area contributed by atoms with Crippen molar-refractivity contribution in [2.45, 2.75) is 37.8 Å². The fourth-order valence-corrected chi connectivity index (χ4v) is 3.32. The maximum Gasteiger partial charge on any atom is 0.224 e. The molecule has 1 saturated carbocycles. The van der Waals surface area contributed by atoms with Gasteiger partial charge in [0, 0.05) is 43.8 Å². The highest BCUT2D eigenvalue weighted by Crippen LogP contribution is 2.35. The minimum Gasteiger partial charge on any atom is -0.353 e. The summed E-state index contributed by atoms with van der Waals surface area (Å²) in [5, 5.41) is 15.9. The summed E-state index contributed by atoms with van der Waals surface area (Å²) in [6.45, 7) is 0.606. The van der Waals surface area contributed by atoms with Crippen molar-refractivity contribution in [1.29, 1.82) is 0 Å². The Kier molecular flexibility index (Phi) is 4.47. The molecule has 26 heavy (non-hydrogen) atoms. The van der Waals surface area contributed by atoms with Crippen LogP contribution < -0.4 is 5.32 Å². The van der Waals surface area contributed by atoms with Gasteiger partial charge < -0.3 is 9.88 Å². The summed E-state index contributed by atoms with van der Waals surface area (Å²) in [7, 11) is 1.99. The number of pyridine rings is 1. The van der Waals surface area contributed by atoms with Crippen LogP contribution in [0.3, 0.4) is 0 Å². The van der Waals surface area contributed by atoms with Gasteiger partial charge in [-0.15, -0.1) is 10.2 Å². The molecule has 134 valence electrons. The van der Waals surface area contributed by atoms with Crippen LogP contribution in [0.25, 0.3) is 0 Å². The predicted octanol–water partition coefficient (Wildman–Crippen LogP) is 1.06. The number of nitrogens with zero attached hydrogens (tertiary/aromatic N) is 6. The Morgan fingerprint density at radius 2 is 2.15 bits per heavy atom. The van der Waals surface area contributed by atoms with Crippen LogP contribution in [0.2, 0.25) is 0 Å². The normalized spacial score (nSPS) is 19.1. The predicted molar refractivity (Wildman–Crippen MR) is 94.2 cm³/mol. The van der Waals surface area contributed by atoms with Crippen molar-refractivity contribution in [2.24, 2.45) is 7.05 Å². The molecular formula is C18H21N7O. The molecule has 1 fully saturated rings. The largest absolute Gasteiger partial charge is 0.353 e. The highest BCUT2D eigenvalue weighted by molar-refractivity contribution is 5.78. The van der Waals surface area contributed by atoms with Crippen LogP contribution in [0.1, 0.15) is 36.0 Å². The minimum absolute atomic E-state index is 0.0405. The van der Waals surface area contributed by atoms with E-state index >= 15 is 0 Å². The molecule has 3 aromatic heterocycles. The standard InChI is InChI=1S/C18H21N7O/c1-24-16(12-25-7-3-6-20-25)22-23-18(24)14-9-15(10-14)21-17(26)8-13-4-2-5-19-11-13/h2-7,11,14-15H,8-10,12H2,1H3,(H,21,26). The first-order valence-corrected chi connectivity index (χ1v) is 8.73. The summed E-state index contributed by atoms with van der Waals surface area (Å²) < 4.78 is 3.87. The molecule has 0 aliphatic heterocycles. The molecule has 0 saturated heterocycles. The van der Waals surface area contributed by atoms with E-state index in [9.17, 15) is 4.79 Å². The van der Waals surface area contributed by atoms with E-state index in [1.807, 2.05) is 40.7 Å². The third-order valence-electron chi connectivity index (χ3n) is 4.82. The van der Waals surface area contributed by atoms with E-state index in [4.69, 9.17) is 0 Å². The van der Waals surface area contributed by atoms with Gasteiger partial charge in [0.2, 0.25) is 5.91 Å². The average Bonchev–Trinajstić information content (AvgIpc) is 3.23. The lowest BCUT2D eigenvalue weighted by Crippen LogP contribution is -2.44.